The van der Waals surface area contributed by atoms with Gasteiger partial charge in [0.25, 0.3) is 0 Å². The summed E-state index contributed by atoms with van der Waals surface area (Å²) < 4.78 is 1.92. The molecule has 2 rings (SSSR count). The summed E-state index contributed by atoms with van der Waals surface area (Å²) in [6, 6.07) is 9.88. The molecule has 0 spiro atoms. The van der Waals surface area contributed by atoms with Crippen LogP contribution >= 0.6 is 0 Å². The second kappa shape index (κ2) is 6.43. The smallest absolute Gasteiger partial charge is 0.319 e. The first-order valence-electron chi connectivity index (χ1n) is 7.13. The van der Waals surface area contributed by atoms with E-state index < -0.39 is 0 Å². The van der Waals surface area contributed by atoms with E-state index in [9.17, 15) is 4.79 Å². The van der Waals surface area contributed by atoms with Gasteiger partial charge in [0.2, 0.25) is 0 Å². The van der Waals surface area contributed by atoms with Gasteiger partial charge in [0.1, 0.15) is 0 Å². The number of nitrogens with one attached hydrogen (secondary N) is 2. The van der Waals surface area contributed by atoms with Crippen LogP contribution in [0.5, 0.6) is 0 Å². The summed E-state index contributed by atoms with van der Waals surface area (Å²) in [5.41, 5.74) is 3.65. The average molecular weight is 286 g/mol. The maximum absolute atomic E-state index is 12.0. The van der Waals surface area contributed by atoms with Gasteiger partial charge >= 0.3 is 6.03 Å². The van der Waals surface area contributed by atoms with Crippen LogP contribution in [0.25, 0.3) is 0 Å². The van der Waals surface area contributed by atoms with Gasteiger partial charge in [0.15, 0.2) is 0 Å². The van der Waals surface area contributed by atoms with Gasteiger partial charge in [-0.2, -0.15) is 5.10 Å². The summed E-state index contributed by atoms with van der Waals surface area (Å²) in [5.74, 6) is 0. The Kier molecular flexibility index (Phi) is 4.62. The number of aryl methyl sites for hydroxylation is 1. The maximum Gasteiger partial charge on any atom is 0.319 e. The van der Waals surface area contributed by atoms with E-state index in [4.69, 9.17) is 0 Å². The average Bonchev–Trinajstić information content (AvgIpc) is 2.74. The van der Waals surface area contributed by atoms with Gasteiger partial charge in [-0.15, -0.1) is 0 Å². The molecule has 5 heteroatoms. The number of benzene rings is 1. The van der Waals surface area contributed by atoms with Crippen molar-refractivity contribution in [1.82, 2.24) is 15.1 Å². The van der Waals surface area contributed by atoms with Crippen molar-refractivity contribution in [3.63, 3.8) is 0 Å². The number of amides is 2. The number of carbonyl (C=O) groups excluding carboxylic acids is 1. The molecule has 21 heavy (non-hydrogen) atoms. The predicted molar refractivity (Wildman–Crippen MR) is 84.4 cm³/mol. The zero-order valence-electron chi connectivity index (χ0n) is 13.0. The van der Waals surface area contributed by atoms with Crippen molar-refractivity contribution in [3.8, 4) is 0 Å². The normalized spacial score (nSPS) is 10.7. The lowest BCUT2D eigenvalue weighted by molar-refractivity contribution is 0.251. The molecule has 0 aliphatic rings. The minimum atomic E-state index is -0.214. The molecule has 2 aromatic rings. The Bertz CT molecular complexity index is 617. The van der Waals surface area contributed by atoms with E-state index in [-0.39, 0.29) is 12.1 Å². The van der Waals surface area contributed by atoms with Crippen LogP contribution in [-0.4, -0.2) is 15.8 Å². The summed E-state index contributed by atoms with van der Waals surface area (Å²) in [6.45, 7) is 8.51. The molecule has 0 atom stereocenters. The molecule has 0 aliphatic heterocycles. The molecular formula is C16H22N4O. The van der Waals surface area contributed by atoms with Crippen molar-refractivity contribution in [2.24, 2.45) is 0 Å². The monoisotopic (exact) mass is 286 g/mol. The van der Waals surface area contributed by atoms with Gasteiger partial charge in [0.05, 0.1) is 17.1 Å². The SMILES string of the molecule is Cc1nn(C(C)C)c(C)c1NC(=O)NCc1ccccc1. The van der Waals surface area contributed by atoms with Gasteiger partial charge < -0.3 is 10.6 Å². The number of nitrogens with zero attached hydrogens (tertiary/aromatic N) is 2. The Morgan fingerprint density at radius 2 is 1.90 bits per heavy atom. The second-order valence-electron chi connectivity index (χ2n) is 5.38. The molecule has 5 nitrogen and oxygen atoms in total. The fraction of sp³-hybridized carbons (Fsp3) is 0.375. The fourth-order valence-corrected chi connectivity index (χ4v) is 2.28. The Morgan fingerprint density at radius 1 is 1.24 bits per heavy atom. The maximum atomic E-state index is 12.0. The van der Waals surface area contributed by atoms with Crippen LogP contribution < -0.4 is 10.6 Å². The first-order valence-corrected chi connectivity index (χ1v) is 7.13. The van der Waals surface area contributed by atoms with E-state index in [2.05, 4.69) is 29.6 Å². The van der Waals surface area contributed by atoms with Crippen LogP contribution in [0.15, 0.2) is 30.3 Å². The summed E-state index contributed by atoms with van der Waals surface area (Å²) in [7, 11) is 0. The minimum Gasteiger partial charge on any atom is -0.334 e. The summed E-state index contributed by atoms with van der Waals surface area (Å²) >= 11 is 0. The number of urea groups is 1. The largest absolute Gasteiger partial charge is 0.334 e. The molecular weight excluding hydrogens is 264 g/mol. The van der Waals surface area contributed by atoms with E-state index in [0.29, 0.717) is 6.54 Å². The number of anilines is 1. The first kappa shape index (κ1) is 15.1. The molecule has 0 unspecified atom stereocenters. The molecule has 0 fully saturated rings. The van der Waals surface area contributed by atoms with Gasteiger partial charge in [-0.05, 0) is 33.3 Å². The lowest BCUT2D eigenvalue weighted by Crippen LogP contribution is -2.28. The fourth-order valence-electron chi connectivity index (χ4n) is 2.28. The number of hydrogen-bond donors (Lipinski definition) is 2. The van der Waals surface area contributed by atoms with Crippen molar-refractivity contribution in [2.45, 2.75) is 40.3 Å². The topological polar surface area (TPSA) is 59.0 Å². The van der Waals surface area contributed by atoms with Crippen LogP contribution in [0, 0.1) is 13.8 Å². The molecule has 0 radical (unpaired) electrons. The quantitative estimate of drug-likeness (QED) is 0.905. The number of carbonyl (C=O) groups is 1. The molecule has 0 bridgehead atoms. The van der Waals surface area contributed by atoms with Crippen LogP contribution in [-0.2, 0) is 6.54 Å². The predicted octanol–water partition coefficient (Wildman–Crippen LogP) is 3.40. The number of rotatable bonds is 4. The Morgan fingerprint density at radius 3 is 2.48 bits per heavy atom. The third-order valence-electron chi connectivity index (χ3n) is 3.35. The third-order valence-corrected chi connectivity index (χ3v) is 3.35. The molecule has 0 saturated heterocycles. The van der Waals surface area contributed by atoms with Gasteiger partial charge in [-0.1, -0.05) is 30.3 Å². The van der Waals surface area contributed by atoms with Crippen LogP contribution in [0.2, 0.25) is 0 Å². The van der Waals surface area contributed by atoms with E-state index in [1.165, 1.54) is 0 Å². The molecule has 0 aliphatic carbocycles. The first-order chi connectivity index (χ1) is 9.99. The zero-order chi connectivity index (χ0) is 15.4. The van der Waals surface area contributed by atoms with Gasteiger partial charge in [-0.25, -0.2) is 4.79 Å². The van der Waals surface area contributed by atoms with Gasteiger partial charge in [-0.3, -0.25) is 4.68 Å². The number of aromatic nitrogens is 2. The van der Waals surface area contributed by atoms with E-state index in [1.807, 2.05) is 48.9 Å². The van der Waals surface area contributed by atoms with E-state index in [0.717, 1.165) is 22.6 Å². The van der Waals surface area contributed by atoms with Crippen molar-refractivity contribution in [1.29, 1.82) is 0 Å². The van der Waals surface area contributed by atoms with Gasteiger partial charge in [0, 0.05) is 12.6 Å². The summed E-state index contributed by atoms with van der Waals surface area (Å²) in [6.07, 6.45) is 0. The molecule has 112 valence electrons. The Labute approximate surface area is 125 Å². The molecule has 1 aromatic heterocycles. The number of hydrogen-bond acceptors (Lipinski definition) is 2. The van der Waals surface area contributed by atoms with E-state index in [1.54, 1.807) is 0 Å². The Balaban J connectivity index is 2.00. The lowest BCUT2D eigenvalue weighted by Gasteiger charge is -2.10. The van der Waals surface area contributed by atoms with Crippen LogP contribution in [0.1, 0.15) is 36.8 Å². The van der Waals surface area contributed by atoms with Crippen molar-refractivity contribution >= 4 is 11.7 Å². The molecule has 0 saturated carbocycles. The second-order valence-corrected chi connectivity index (χ2v) is 5.38. The highest BCUT2D eigenvalue weighted by Crippen LogP contribution is 2.22. The summed E-state index contributed by atoms with van der Waals surface area (Å²) in [4.78, 5) is 12.0. The van der Waals surface area contributed by atoms with Crippen LogP contribution in [0.3, 0.4) is 0 Å². The lowest BCUT2D eigenvalue weighted by atomic mass is 10.2. The Hall–Kier alpha value is -2.30. The standard InChI is InChI=1S/C16H22N4O/c1-11(2)20-13(4)15(12(3)19-20)18-16(21)17-10-14-8-6-5-7-9-14/h5-9,11H,10H2,1-4H3,(H2,17,18,21). The molecule has 1 heterocycles. The highest BCUT2D eigenvalue weighted by atomic mass is 16.2. The molecule has 2 amide bonds. The zero-order valence-corrected chi connectivity index (χ0v) is 13.0. The van der Waals surface area contributed by atoms with Crippen molar-refractivity contribution in [2.75, 3.05) is 5.32 Å². The molecule has 2 N–H and O–H groups in total. The summed E-state index contributed by atoms with van der Waals surface area (Å²) in [5, 5.41) is 10.2. The highest BCUT2D eigenvalue weighted by molar-refractivity contribution is 5.90. The highest BCUT2D eigenvalue weighted by Gasteiger charge is 2.15. The van der Waals surface area contributed by atoms with Crippen molar-refractivity contribution in [3.05, 3.63) is 47.3 Å². The van der Waals surface area contributed by atoms with Crippen molar-refractivity contribution < 1.29 is 4.79 Å². The minimum absolute atomic E-state index is 0.214. The van der Waals surface area contributed by atoms with E-state index >= 15 is 0 Å². The van der Waals surface area contributed by atoms with Crippen LogP contribution in [0.4, 0.5) is 10.5 Å². The third kappa shape index (κ3) is 3.62. The molecule has 1 aromatic carbocycles.